The van der Waals surface area contributed by atoms with Crippen LogP contribution in [-0.4, -0.2) is 30.6 Å². The van der Waals surface area contributed by atoms with Crippen LogP contribution in [0.1, 0.15) is 18.9 Å². The van der Waals surface area contributed by atoms with E-state index in [0.29, 0.717) is 13.0 Å². The number of nitrogens with one attached hydrogen (secondary N) is 1. The van der Waals surface area contributed by atoms with Gasteiger partial charge in [0.15, 0.2) is 0 Å². The number of hydrogen-bond acceptors (Lipinski definition) is 4. The molecule has 166 valence electrons. The number of benzene rings is 3. The molecule has 1 aliphatic heterocycles. The van der Waals surface area contributed by atoms with Crippen LogP contribution in [0.15, 0.2) is 91.0 Å². The first-order chi connectivity index (χ1) is 15.6. The van der Waals surface area contributed by atoms with Gasteiger partial charge in [-0.1, -0.05) is 97.9 Å². The Bertz CT molecular complexity index is 1020. The summed E-state index contributed by atoms with van der Waals surface area (Å²) in [7, 11) is -2.95. The van der Waals surface area contributed by atoms with Gasteiger partial charge in [-0.2, -0.15) is 0 Å². The summed E-state index contributed by atoms with van der Waals surface area (Å²) in [4.78, 5) is 12.1. The summed E-state index contributed by atoms with van der Waals surface area (Å²) in [5, 5.41) is 4.41. The van der Waals surface area contributed by atoms with Gasteiger partial charge in [0.25, 0.3) is 0 Å². The highest BCUT2D eigenvalue weighted by Gasteiger charge is 2.52. The van der Waals surface area contributed by atoms with Crippen molar-refractivity contribution in [1.29, 1.82) is 0 Å². The van der Waals surface area contributed by atoms with Crippen LogP contribution in [0.25, 0.3) is 0 Å². The molecule has 3 aromatic rings. The Balaban J connectivity index is 1.42. The maximum absolute atomic E-state index is 14.6. The highest BCUT2D eigenvalue weighted by atomic mass is 31.2. The molecule has 1 amide bonds. The summed E-state index contributed by atoms with van der Waals surface area (Å²) in [5.74, 6) is 0. The molecule has 0 spiro atoms. The smallest absolute Gasteiger partial charge is 0.407 e. The average Bonchev–Trinajstić information content (AvgIpc) is 3.62. The standard InChI is InChI=1S/C26H28NO4P/c1-2-24(32(29,21-14-8-4-9-15-21)22-16-10-5-11-17-22)25-23(31-25)19-30-26(28)27-18-20-12-6-3-7-13-20/h3-17,23-25H,2,18-19H2,1H3,(H,27,28)/t23-,24-,25+/m0/s1. The average molecular weight is 449 g/mol. The van der Waals surface area contributed by atoms with Crippen LogP contribution in [0.2, 0.25) is 0 Å². The van der Waals surface area contributed by atoms with Crippen molar-refractivity contribution in [3.05, 3.63) is 96.6 Å². The second kappa shape index (κ2) is 10.2. The lowest BCUT2D eigenvalue weighted by Crippen LogP contribution is -2.31. The Morgan fingerprint density at radius 1 is 0.938 bits per heavy atom. The highest BCUT2D eigenvalue weighted by molar-refractivity contribution is 7.79. The van der Waals surface area contributed by atoms with Crippen molar-refractivity contribution >= 4 is 23.8 Å². The molecule has 0 aliphatic carbocycles. The van der Waals surface area contributed by atoms with E-state index in [1.807, 2.05) is 97.9 Å². The molecular weight excluding hydrogens is 421 g/mol. The Morgan fingerprint density at radius 2 is 1.47 bits per heavy atom. The lowest BCUT2D eigenvalue weighted by molar-refractivity contribution is 0.135. The summed E-state index contributed by atoms with van der Waals surface area (Å²) in [5.41, 5.74) is 0.816. The number of carbonyl (C=O) groups excluding carboxylic acids is 1. The number of carbonyl (C=O) groups is 1. The summed E-state index contributed by atoms with van der Waals surface area (Å²) >= 11 is 0. The van der Waals surface area contributed by atoms with Crippen molar-refractivity contribution in [1.82, 2.24) is 5.32 Å². The molecule has 0 saturated carbocycles. The molecule has 3 atom stereocenters. The van der Waals surface area contributed by atoms with E-state index in [2.05, 4.69) is 5.32 Å². The van der Waals surface area contributed by atoms with Gasteiger partial charge in [0.2, 0.25) is 0 Å². The Labute approximate surface area is 189 Å². The first-order valence-corrected chi connectivity index (χ1v) is 12.7. The van der Waals surface area contributed by atoms with Gasteiger partial charge >= 0.3 is 6.09 Å². The molecule has 1 N–H and O–H groups in total. The number of amides is 1. The van der Waals surface area contributed by atoms with E-state index in [1.165, 1.54) is 0 Å². The molecule has 5 nitrogen and oxygen atoms in total. The lowest BCUT2D eigenvalue weighted by atomic mass is 10.2. The lowest BCUT2D eigenvalue weighted by Gasteiger charge is -2.27. The summed E-state index contributed by atoms with van der Waals surface area (Å²) in [6, 6.07) is 28.9. The second-order valence-electron chi connectivity index (χ2n) is 7.88. The maximum Gasteiger partial charge on any atom is 0.407 e. The minimum atomic E-state index is -2.95. The Hall–Kier alpha value is -2.88. The molecule has 0 radical (unpaired) electrons. The van der Waals surface area contributed by atoms with Crippen LogP contribution in [0, 0.1) is 0 Å². The van der Waals surface area contributed by atoms with Crippen LogP contribution in [0.4, 0.5) is 4.79 Å². The summed E-state index contributed by atoms with van der Waals surface area (Å²) in [6.45, 7) is 2.59. The molecule has 0 unspecified atom stereocenters. The van der Waals surface area contributed by atoms with Crippen LogP contribution < -0.4 is 15.9 Å². The predicted octanol–water partition coefficient (Wildman–Crippen LogP) is 4.47. The normalized spacial score (nSPS) is 18.5. The molecule has 32 heavy (non-hydrogen) atoms. The number of rotatable bonds is 9. The third kappa shape index (κ3) is 4.95. The van der Waals surface area contributed by atoms with Gasteiger partial charge in [-0.25, -0.2) is 4.79 Å². The Kier molecular flexibility index (Phi) is 7.09. The fourth-order valence-electron chi connectivity index (χ4n) is 4.14. The summed E-state index contributed by atoms with van der Waals surface area (Å²) < 4.78 is 25.8. The minimum absolute atomic E-state index is 0.144. The van der Waals surface area contributed by atoms with Gasteiger partial charge in [-0.05, 0) is 12.0 Å². The van der Waals surface area contributed by atoms with Crippen LogP contribution in [0.5, 0.6) is 0 Å². The quantitative estimate of drug-likeness (QED) is 0.387. The van der Waals surface area contributed by atoms with E-state index in [1.54, 1.807) is 0 Å². The molecular formula is C26H28NO4P. The zero-order valence-electron chi connectivity index (χ0n) is 18.1. The zero-order chi connectivity index (χ0) is 22.4. The zero-order valence-corrected chi connectivity index (χ0v) is 19.0. The molecule has 1 saturated heterocycles. The molecule has 4 rings (SSSR count). The molecule has 1 fully saturated rings. The van der Waals surface area contributed by atoms with Crippen molar-refractivity contribution < 1.29 is 18.8 Å². The van der Waals surface area contributed by atoms with Crippen molar-refractivity contribution in [2.24, 2.45) is 0 Å². The molecule has 6 heteroatoms. The monoisotopic (exact) mass is 449 g/mol. The van der Waals surface area contributed by atoms with Crippen LogP contribution in [0.3, 0.4) is 0 Å². The fraction of sp³-hybridized carbons (Fsp3) is 0.269. The first-order valence-electron chi connectivity index (χ1n) is 10.9. The first kappa shape index (κ1) is 22.3. The van der Waals surface area contributed by atoms with Gasteiger partial charge in [-0.15, -0.1) is 0 Å². The van der Waals surface area contributed by atoms with E-state index in [0.717, 1.165) is 16.2 Å². The highest BCUT2D eigenvalue weighted by Crippen LogP contribution is 2.55. The van der Waals surface area contributed by atoms with Crippen LogP contribution >= 0.6 is 7.14 Å². The fourth-order valence-corrected chi connectivity index (χ4v) is 7.62. The third-order valence-electron chi connectivity index (χ3n) is 5.82. The largest absolute Gasteiger partial charge is 0.447 e. The topological polar surface area (TPSA) is 67.9 Å². The molecule has 3 aromatic carbocycles. The molecule has 0 aromatic heterocycles. The third-order valence-corrected chi connectivity index (χ3v) is 9.55. The SMILES string of the molecule is CC[C@@H]([C@@H]1O[C@H]1COC(=O)NCc1ccccc1)P(=O)(c1ccccc1)c1ccccc1. The molecule has 0 bridgehead atoms. The van der Waals surface area contributed by atoms with Crippen molar-refractivity contribution in [3.8, 4) is 0 Å². The van der Waals surface area contributed by atoms with Crippen LogP contribution in [-0.2, 0) is 20.6 Å². The van der Waals surface area contributed by atoms with E-state index in [4.69, 9.17) is 9.47 Å². The second-order valence-corrected chi connectivity index (χ2v) is 10.9. The summed E-state index contributed by atoms with van der Waals surface area (Å²) in [6.07, 6.45) is -0.246. The number of hydrogen-bond donors (Lipinski definition) is 1. The van der Waals surface area contributed by atoms with Gasteiger partial charge in [0.1, 0.15) is 19.9 Å². The van der Waals surface area contributed by atoms with Crippen molar-refractivity contribution in [3.63, 3.8) is 0 Å². The predicted molar refractivity (Wildman–Crippen MR) is 127 cm³/mol. The van der Waals surface area contributed by atoms with E-state index >= 15 is 0 Å². The Morgan fingerprint density at radius 3 is 2.00 bits per heavy atom. The van der Waals surface area contributed by atoms with Crippen molar-refractivity contribution in [2.75, 3.05) is 6.61 Å². The van der Waals surface area contributed by atoms with Gasteiger partial charge < -0.3 is 19.4 Å². The van der Waals surface area contributed by atoms with Crippen molar-refractivity contribution in [2.45, 2.75) is 37.8 Å². The number of epoxide rings is 1. The van der Waals surface area contributed by atoms with E-state index < -0.39 is 13.2 Å². The van der Waals surface area contributed by atoms with Gasteiger partial charge in [0.05, 0.1) is 6.10 Å². The minimum Gasteiger partial charge on any atom is -0.447 e. The van der Waals surface area contributed by atoms with E-state index in [-0.39, 0.29) is 24.5 Å². The maximum atomic E-state index is 14.6. The van der Waals surface area contributed by atoms with Gasteiger partial charge in [-0.3, -0.25) is 0 Å². The van der Waals surface area contributed by atoms with E-state index in [9.17, 15) is 9.36 Å². The molecule has 1 aliphatic rings. The number of ether oxygens (including phenoxy) is 2. The number of alkyl carbamates (subject to hydrolysis) is 1. The molecule has 1 heterocycles. The van der Waals surface area contributed by atoms with Gasteiger partial charge in [0, 0.05) is 22.8 Å².